The predicted molar refractivity (Wildman–Crippen MR) is 101 cm³/mol. The number of hydrogen-bond donors (Lipinski definition) is 2. The summed E-state index contributed by atoms with van der Waals surface area (Å²) in [6.07, 6.45) is 7.36. The molecule has 0 aromatic carbocycles. The second kappa shape index (κ2) is 7.58. The van der Waals surface area contributed by atoms with E-state index in [9.17, 15) is 19.5 Å². The Labute approximate surface area is 163 Å². The molecule has 2 amide bonds. The van der Waals surface area contributed by atoms with Crippen molar-refractivity contribution >= 4 is 11.8 Å². The van der Waals surface area contributed by atoms with Crippen molar-refractivity contribution in [3.05, 3.63) is 27.7 Å². The van der Waals surface area contributed by atoms with Gasteiger partial charge >= 0.3 is 0 Å². The fourth-order valence-electron chi connectivity index (χ4n) is 4.54. The normalized spacial score (nSPS) is 25.2. The maximum absolute atomic E-state index is 12.9. The highest BCUT2D eigenvalue weighted by molar-refractivity contribution is 5.99. The number of nitrogens with one attached hydrogen (secondary N) is 1. The fraction of sp³-hybridized carbons (Fsp3) is 0.650. The van der Waals surface area contributed by atoms with E-state index in [0.29, 0.717) is 25.5 Å². The minimum Gasteiger partial charge on any atom is -0.503 e. The zero-order valence-electron chi connectivity index (χ0n) is 16.1. The van der Waals surface area contributed by atoms with Crippen LogP contribution in [0, 0.1) is 5.92 Å². The monoisotopic (exact) mass is 389 g/mol. The first-order chi connectivity index (χ1) is 13.5. The average molecular weight is 389 g/mol. The number of carbonyl (C=O) groups excluding carboxylic acids is 2. The molecule has 152 valence electrons. The van der Waals surface area contributed by atoms with Crippen molar-refractivity contribution < 1.29 is 19.4 Å². The van der Waals surface area contributed by atoms with Crippen molar-refractivity contribution in [1.82, 2.24) is 14.8 Å². The number of nitrogens with zero attached hydrogens (tertiary/aromatic N) is 2. The van der Waals surface area contributed by atoms with Crippen LogP contribution in [-0.2, 0) is 11.3 Å². The molecule has 2 atom stereocenters. The van der Waals surface area contributed by atoms with Crippen molar-refractivity contribution in [2.45, 2.75) is 64.3 Å². The third kappa shape index (κ3) is 3.30. The number of carbonyl (C=O) groups is 2. The molecule has 1 saturated carbocycles. The highest BCUT2D eigenvalue weighted by Crippen LogP contribution is 2.29. The van der Waals surface area contributed by atoms with Gasteiger partial charge in [0.05, 0.1) is 13.2 Å². The summed E-state index contributed by atoms with van der Waals surface area (Å²) in [6.45, 7) is 3.27. The number of pyridine rings is 1. The maximum atomic E-state index is 12.9. The molecule has 0 spiro atoms. The number of rotatable bonds is 3. The fourth-order valence-corrected chi connectivity index (χ4v) is 4.54. The van der Waals surface area contributed by atoms with Crippen LogP contribution in [0.3, 0.4) is 0 Å². The summed E-state index contributed by atoms with van der Waals surface area (Å²) < 4.78 is 7.18. The second-order valence-corrected chi connectivity index (χ2v) is 8.11. The summed E-state index contributed by atoms with van der Waals surface area (Å²) >= 11 is 0. The molecule has 8 heteroatoms. The first kappa shape index (κ1) is 19.0. The lowest BCUT2D eigenvalue weighted by molar-refractivity contribution is -0.112. The van der Waals surface area contributed by atoms with Crippen LogP contribution in [0.5, 0.6) is 5.75 Å². The van der Waals surface area contributed by atoms with E-state index >= 15 is 0 Å². The number of amides is 2. The van der Waals surface area contributed by atoms with E-state index in [1.54, 1.807) is 4.90 Å². The number of hydrogen-bond acceptors (Lipinski definition) is 5. The Balaban J connectivity index is 1.59. The summed E-state index contributed by atoms with van der Waals surface area (Å²) in [5.41, 5.74) is -1.01. The van der Waals surface area contributed by atoms with Gasteiger partial charge in [0.2, 0.25) is 5.43 Å². The molecule has 2 fully saturated rings. The molecule has 1 aliphatic carbocycles. The number of ether oxygens (including phenoxy) is 1. The van der Waals surface area contributed by atoms with E-state index in [1.807, 2.05) is 6.92 Å². The van der Waals surface area contributed by atoms with Crippen molar-refractivity contribution in [3.63, 3.8) is 0 Å². The average Bonchev–Trinajstić information content (AvgIpc) is 2.69. The Bertz CT molecular complexity index is 843. The molecular weight excluding hydrogens is 362 g/mol. The lowest BCUT2D eigenvalue weighted by atomic mass is 9.89. The van der Waals surface area contributed by atoms with Gasteiger partial charge < -0.3 is 24.6 Å². The van der Waals surface area contributed by atoms with Gasteiger partial charge in [-0.15, -0.1) is 0 Å². The highest BCUT2D eigenvalue weighted by atomic mass is 16.5. The van der Waals surface area contributed by atoms with Gasteiger partial charge in [0, 0.05) is 18.8 Å². The summed E-state index contributed by atoms with van der Waals surface area (Å²) in [4.78, 5) is 39.6. The maximum Gasteiger partial charge on any atom is 0.276 e. The molecule has 8 nitrogen and oxygen atoms in total. The van der Waals surface area contributed by atoms with Crippen LogP contribution >= 0.6 is 0 Å². The Hall–Kier alpha value is -2.35. The predicted octanol–water partition coefficient (Wildman–Crippen LogP) is 1.45. The molecule has 1 aromatic heterocycles. The van der Waals surface area contributed by atoms with E-state index in [-0.39, 0.29) is 23.8 Å². The molecule has 28 heavy (non-hydrogen) atoms. The van der Waals surface area contributed by atoms with Crippen molar-refractivity contribution in [3.8, 4) is 5.75 Å². The molecule has 3 aliphatic rings. The lowest BCUT2D eigenvalue weighted by Crippen LogP contribution is -2.57. The molecular formula is C20H27N3O5. The van der Waals surface area contributed by atoms with Gasteiger partial charge in [-0.1, -0.05) is 19.3 Å². The Morgan fingerprint density at radius 2 is 2.00 bits per heavy atom. The smallest absolute Gasteiger partial charge is 0.276 e. The van der Waals surface area contributed by atoms with Crippen LogP contribution in [0.25, 0.3) is 0 Å². The van der Waals surface area contributed by atoms with E-state index in [1.165, 1.54) is 30.0 Å². The third-order valence-corrected chi connectivity index (χ3v) is 6.20. The number of aromatic nitrogens is 1. The van der Waals surface area contributed by atoms with Crippen LogP contribution in [0.1, 0.15) is 66.3 Å². The van der Waals surface area contributed by atoms with Crippen molar-refractivity contribution in [1.29, 1.82) is 0 Å². The zero-order valence-corrected chi connectivity index (χ0v) is 16.1. The summed E-state index contributed by atoms with van der Waals surface area (Å²) in [5.74, 6) is -1.17. The van der Waals surface area contributed by atoms with Crippen LogP contribution < -0.4 is 10.7 Å². The Morgan fingerprint density at radius 1 is 1.25 bits per heavy atom. The van der Waals surface area contributed by atoms with E-state index < -0.39 is 29.2 Å². The van der Waals surface area contributed by atoms with Crippen LogP contribution in [0.4, 0.5) is 0 Å². The molecule has 4 rings (SSSR count). The Kier molecular flexibility index (Phi) is 5.14. The molecule has 2 N–H and O–H groups in total. The lowest BCUT2D eigenvalue weighted by Gasteiger charge is -2.44. The van der Waals surface area contributed by atoms with Crippen LogP contribution in [0.15, 0.2) is 11.0 Å². The summed E-state index contributed by atoms with van der Waals surface area (Å²) in [5, 5.41) is 13.3. The largest absolute Gasteiger partial charge is 0.503 e. The molecule has 0 unspecified atom stereocenters. The molecule has 1 aromatic rings. The van der Waals surface area contributed by atoms with Gasteiger partial charge in [-0.2, -0.15) is 0 Å². The van der Waals surface area contributed by atoms with Crippen molar-refractivity contribution in [2.24, 2.45) is 5.92 Å². The van der Waals surface area contributed by atoms with Gasteiger partial charge in [0.25, 0.3) is 11.8 Å². The van der Waals surface area contributed by atoms with Crippen molar-refractivity contribution in [2.75, 3.05) is 13.2 Å². The molecule has 1 saturated heterocycles. The third-order valence-electron chi connectivity index (χ3n) is 6.20. The summed E-state index contributed by atoms with van der Waals surface area (Å²) in [7, 11) is 0. The number of aromatic hydroxyl groups is 1. The zero-order chi connectivity index (χ0) is 19.8. The summed E-state index contributed by atoms with van der Waals surface area (Å²) in [6, 6.07) is -0.0343. The van der Waals surface area contributed by atoms with E-state index in [4.69, 9.17) is 4.74 Å². The van der Waals surface area contributed by atoms with Crippen LogP contribution in [-0.4, -0.2) is 51.8 Å². The topological polar surface area (TPSA) is 101 Å². The first-order valence-corrected chi connectivity index (χ1v) is 10.2. The SMILES string of the molecule is C[C@@H]1CCO[C@H]2Cn3cc(C(=O)NCC4CCCCC4)c(=O)c(O)c3C(=O)N12. The highest BCUT2D eigenvalue weighted by Gasteiger charge is 2.41. The van der Waals surface area contributed by atoms with Gasteiger partial charge in [-0.3, -0.25) is 14.4 Å². The Morgan fingerprint density at radius 3 is 2.75 bits per heavy atom. The van der Waals surface area contributed by atoms with Gasteiger partial charge in [-0.05, 0) is 32.1 Å². The molecule has 3 heterocycles. The standard InChI is InChI=1S/C20H27N3O5/c1-12-7-8-28-15-11-22-10-14(17(24)18(25)16(22)20(27)23(12)15)19(26)21-9-13-5-3-2-4-6-13/h10,12-13,15,25H,2-9,11H2,1H3,(H,21,26)/t12-,15+/m1/s1. The van der Waals surface area contributed by atoms with Crippen LogP contribution in [0.2, 0.25) is 0 Å². The van der Waals surface area contributed by atoms with Gasteiger partial charge in [-0.25, -0.2) is 0 Å². The van der Waals surface area contributed by atoms with E-state index in [2.05, 4.69) is 5.32 Å². The minimum atomic E-state index is -0.801. The second-order valence-electron chi connectivity index (χ2n) is 8.11. The van der Waals surface area contributed by atoms with E-state index in [0.717, 1.165) is 12.8 Å². The van der Waals surface area contributed by atoms with Gasteiger partial charge in [0.15, 0.2) is 17.7 Å². The molecule has 0 radical (unpaired) electrons. The number of fused-ring (bicyclic) bond motifs is 2. The first-order valence-electron chi connectivity index (χ1n) is 10.2. The minimum absolute atomic E-state index is 0.0343. The molecule has 2 aliphatic heterocycles. The van der Waals surface area contributed by atoms with Gasteiger partial charge in [0.1, 0.15) is 5.56 Å². The quantitative estimate of drug-likeness (QED) is 0.815. The molecule has 0 bridgehead atoms.